The van der Waals surface area contributed by atoms with E-state index in [-0.39, 0.29) is 5.56 Å². The van der Waals surface area contributed by atoms with Gasteiger partial charge in [0.2, 0.25) is 0 Å². The lowest BCUT2D eigenvalue weighted by molar-refractivity contribution is 0.376. The Bertz CT molecular complexity index is 945. The summed E-state index contributed by atoms with van der Waals surface area (Å²) in [5.74, 6) is 6.68. The molecule has 1 aliphatic carbocycles. The van der Waals surface area contributed by atoms with Crippen molar-refractivity contribution in [3.05, 3.63) is 82.7 Å². The van der Waals surface area contributed by atoms with Gasteiger partial charge in [0, 0.05) is 5.56 Å². The van der Waals surface area contributed by atoms with Gasteiger partial charge in [0.1, 0.15) is 11.9 Å². The molecule has 0 aromatic heterocycles. The van der Waals surface area contributed by atoms with Gasteiger partial charge in [-0.2, -0.15) is 5.26 Å². The third-order valence-electron chi connectivity index (χ3n) is 6.05. The van der Waals surface area contributed by atoms with E-state index in [9.17, 15) is 4.39 Å². The molecule has 1 aliphatic rings. The molecule has 0 saturated heterocycles. The van der Waals surface area contributed by atoms with Gasteiger partial charge in [0.25, 0.3) is 0 Å². The van der Waals surface area contributed by atoms with Gasteiger partial charge < -0.3 is 0 Å². The third-order valence-corrected chi connectivity index (χ3v) is 6.05. The average molecular weight is 400 g/mol. The van der Waals surface area contributed by atoms with E-state index in [0.29, 0.717) is 17.4 Å². The van der Waals surface area contributed by atoms with Crippen LogP contribution >= 0.6 is 0 Å². The van der Waals surface area contributed by atoms with Crippen LogP contribution in [0.3, 0.4) is 0 Å². The molecule has 154 valence electrons. The Morgan fingerprint density at radius 2 is 1.80 bits per heavy atom. The molecular formula is C28H30FN. The zero-order valence-electron chi connectivity index (χ0n) is 17.8. The van der Waals surface area contributed by atoms with Crippen LogP contribution in [0.5, 0.6) is 0 Å². The monoisotopic (exact) mass is 399 g/mol. The lowest BCUT2D eigenvalue weighted by atomic mass is 9.78. The fraction of sp³-hybridized carbons (Fsp3) is 0.393. The maximum absolute atomic E-state index is 13.6. The van der Waals surface area contributed by atoms with Crippen molar-refractivity contribution < 1.29 is 4.39 Å². The van der Waals surface area contributed by atoms with Gasteiger partial charge in [-0.05, 0) is 85.8 Å². The molecule has 1 nitrogen and oxygen atoms in total. The summed E-state index contributed by atoms with van der Waals surface area (Å²) in [6.07, 6.45) is 14.0. The van der Waals surface area contributed by atoms with Gasteiger partial charge in [0.15, 0.2) is 0 Å². The van der Waals surface area contributed by atoms with Crippen molar-refractivity contribution in [3.8, 4) is 17.9 Å². The molecule has 0 unspecified atom stereocenters. The van der Waals surface area contributed by atoms with Gasteiger partial charge in [0.05, 0.1) is 5.56 Å². The lowest BCUT2D eigenvalue weighted by Crippen LogP contribution is -2.11. The number of nitriles is 1. The number of allylic oxidation sites excluding steroid dienone is 2. The van der Waals surface area contributed by atoms with Crippen molar-refractivity contribution in [1.29, 1.82) is 5.26 Å². The maximum Gasteiger partial charge on any atom is 0.142 e. The van der Waals surface area contributed by atoms with Gasteiger partial charge in [-0.1, -0.05) is 61.9 Å². The largest absolute Gasteiger partial charge is 0.206 e. The van der Waals surface area contributed by atoms with E-state index < -0.39 is 5.82 Å². The molecule has 1 fully saturated rings. The summed E-state index contributed by atoms with van der Waals surface area (Å²) in [7, 11) is 0. The molecule has 0 amide bonds. The van der Waals surface area contributed by atoms with Gasteiger partial charge >= 0.3 is 0 Å². The minimum Gasteiger partial charge on any atom is -0.206 e. The first-order valence-corrected chi connectivity index (χ1v) is 11.2. The lowest BCUT2D eigenvalue weighted by Gasteiger charge is -2.27. The predicted octanol–water partition coefficient (Wildman–Crippen LogP) is 7.31. The number of hydrogen-bond donors (Lipinski definition) is 0. The van der Waals surface area contributed by atoms with Crippen molar-refractivity contribution in [1.82, 2.24) is 0 Å². The van der Waals surface area contributed by atoms with Gasteiger partial charge in [-0.25, -0.2) is 4.39 Å². The molecule has 2 aromatic rings. The number of nitrogens with zero attached hydrogens (tertiary/aromatic N) is 1. The molecule has 0 bridgehead atoms. The van der Waals surface area contributed by atoms with Crippen LogP contribution in [0.4, 0.5) is 4.39 Å². The quantitative estimate of drug-likeness (QED) is 0.369. The van der Waals surface area contributed by atoms with E-state index in [2.05, 4.69) is 49.1 Å². The normalized spacial score (nSPS) is 18.6. The van der Waals surface area contributed by atoms with Crippen LogP contribution in [0.15, 0.2) is 54.6 Å². The molecule has 2 heteroatoms. The fourth-order valence-corrected chi connectivity index (χ4v) is 4.17. The molecule has 3 rings (SSSR count). The summed E-state index contributed by atoms with van der Waals surface area (Å²) in [6.45, 7) is 2.25. The van der Waals surface area contributed by atoms with Crippen LogP contribution in [-0.4, -0.2) is 0 Å². The van der Waals surface area contributed by atoms with Crippen LogP contribution < -0.4 is 0 Å². The summed E-state index contributed by atoms with van der Waals surface area (Å²) in [5.41, 5.74) is 3.60. The number of benzene rings is 2. The van der Waals surface area contributed by atoms with E-state index in [1.165, 1.54) is 74.6 Å². The van der Waals surface area contributed by atoms with Crippen molar-refractivity contribution in [2.45, 2.75) is 64.2 Å². The molecule has 0 atom stereocenters. The SMILES string of the molecule is CCCCCc1ccc(C2CCC(/C=C/C#Cc3ccc(C#N)c(F)c3)CC2)cc1. The number of unbranched alkanes of at least 4 members (excludes halogenated alkanes) is 2. The summed E-state index contributed by atoms with van der Waals surface area (Å²) >= 11 is 0. The highest BCUT2D eigenvalue weighted by Gasteiger charge is 2.20. The minimum absolute atomic E-state index is 0.0546. The van der Waals surface area contributed by atoms with Crippen LogP contribution in [0, 0.1) is 34.9 Å². The number of hydrogen-bond acceptors (Lipinski definition) is 1. The molecule has 0 heterocycles. The van der Waals surface area contributed by atoms with Crippen molar-refractivity contribution in [2.24, 2.45) is 5.92 Å². The second kappa shape index (κ2) is 11.4. The Hall–Kier alpha value is -2.84. The first-order chi connectivity index (χ1) is 14.7. The standard InChI is InChI=1S/C28H30FN/c1-2-3-4-7-22-10-15-25(16-11-22)26-17-12-23(13-18-26)8-5-6-9-24-14-19-27(21-30)28(29)20-24/h5,8,10-11,14-16,19-20,23,26H,2-4,7,12-13,17-18H2,1H3/b8-5+. The molecule has 0 N–H and O–H groups in total. The average Bonchev–Trinajstić information content (AvgIpc) is 2.78. The summed E-state index contributed by atoms with van der Waals surface area (Å²) in [4.78, 5) is 0. The van der Waals surface area contributed by atoms with Crippen LogP contribution in [0.2, 0.25) is 0 Å². The predicted molar refractivity (Wildman–Crippen MR) is 122 cm³/mol. The Kier molecular flexibility index (Phi) is 8.29. The highest BCUT2D eigenvalue weighted by Crippen LogP contribution is 2.36. The van der Waals surface area contributed by atoms with E-state index in [1.807, 2.05) is 12.1 Å². The molecule has 0 aliphatic heterocycles. The Labute approximate surface area is 180 Å². The molecule has 2 aromatic carbocycles. The van der Waals surface area contributed by atoms with Gasteiger partial charge in [-0.3, -0.25) is 0 Å². The first kappa shape index (κ1) is 21.9. The number of rotatable bonds is 6. The molecular weight excluding hydrogens is 369 g/mol. The first-order valence-electron chi connectivity index (χ1n) is 11.2. The molecule has 0 spiro atoms. The summed E-state index contributed by atoms with van der Waals surface area (Å²) < 4.78 is 13.6. The Morgan fingerprint density at radius 1 is 1.03 bits per heavy atom. The van der Waals surface area contributed by atoms with E-state index in [1.54, 1.807) is 6.07 Å². The molecule has 1 saturated carbocycles. The Balaban J connectivity index is 1.47. The smallest absolute Gasteiger partial charge is 0.142 e. The minimum atomic E-state index is -0.513. The van der Waals surface area contributed by atoms with Crippen molar-refractivity contribution in [3.63, 3.8) is 0 Å². The molecule has 0 radical (unpaired) electrons. The van der Waals surface area contributed by atoms with Crippen molar-refractivity contribution in [2.75, 3.05) is 0 Å². The summed E-state index contributed by atoms with van der Waals surface area (Å²) in [5, 5.41) is 8.77. The second-order valence-electron chi connectivity index (χ2n) is 8.25. The zero-order chi connectivity index (χ0) is 21.2. The number of halogens is 1. The van der Waals surface area contributed by atoms with Crippen LogP contribution in [0.1, 0.15) is 80.0 Å². The van der Waals surface area contributed by atoms with E-state index >= 15 is 0 Å². The number of aryl methyl sites for hydroxylation is 1. The fourth-order valence-electron chi connectivity index (χ4n) is 4.17. The third kappa shape index (κ3) is 6.33. The topological polar surface area (TPSA) is 23.8 Å². The highest BCUT2D eigenvalue weighted by atomic mass is 19.1. The second-order valence-corrected chi connectivity index (χ2v) is 8.25. The highest BCUT2D eigenvalue weighted by molar-refractivity contribution is 5.42. The van der Waals surface area contributed by atoms with Crippen LogP contribution in [0.25, 0.3) is 0 Å². The molecule has 30 heavy (non-hydrogen) atoms. The maximum atomic E-state index is 13.6. The van der Waals surface area contributed by atoms with E-state index in [0.717, 1.165) is 0 Å². The van der Waals surface area contributed by atoms with Gasteiger partial charge in [-0.15, -0.1) is 0 Å². The van der Waals surface area contributed by atoms with Crippen LogP contribution in [-0.2, 0) is 6.42 Å². The Morgan fingerprint density at radius 3 is 2.47 bits per heavy atom. The summed E-state index contributed by atoms with van der Waals surface area (Å²) in [6, 6.07) is 15.6. The van der Waals surface area contributed by atoms with Crippen molar-refractivity contribution >= 4 is 0 Å². The van der Waals surface area contributed by atoms with E-state index in [4.69, 9.17) is 5.26 Å². The zero-order valence-corrected chi connectivity index (χ0v) is 17.8.